The van der Waals surface area contributed by atoms with Gasteiger partial charge >= 0.3 is 6.09 Å². The van der Waals surface area contributed by atoms with E-state index < -0.39 is 75.6 Å². The Morgan fingerprint density at radius 3 is 2.26 bits per heavy atom. The number of nitrogens with zero attached hydrogens (tertiary/aromatic N) is 1. The minimum atomic E-state index is -4.21. The zero-order valence-electron chi connectivity index (χ0n) is 21.6. The first kappa shape index (κ1) is 31.4. The third-order valence-corrected chi connectivity index (χ3v) is 5.84. The van der Waals surface area contributed by atoms with Crippen LogP contribution in [0.4, 0.5) is 18.0 Å². The van der Waals surface area contributed by atoms with Gasteiger partial charge in [-0.1, -0.05) is 13.0 Å². The predicted octanol–water partition coefficient (Wildman–Crippen LogP) is 2.28. The van der Waals surface area contributed by atoms with Crippen LogP contribution in [0.2, 0.25) is 0 Å². The van der Waals surface area contributed by atoms with Crippen molar-refractivity contribution >= 4 is 27.9 Å². The van der Waals surface area contributed by atoms with Gasteiger partial charge in [-0.25, -0.2) is 36.9 Å². The number of carbonyl (C=O) groups is 3. The van der Waals surface area contributed by atoms with Gasteiger partial charge < -0.3 is 14.4 Å². The summed E-state index contributed by atoms with van der Waals surface area (Å²) >= 11 is 0. The smallest absolute Gasteiger partial charge is 0.426 e. The lowest BCUT2D eigenvalue weighted by Gasteiger charge is -2.24. The molecule has 11 nitrogen and oxygen atoms in total. The molecule has 0 spiro atoms. The van der Waals surface area contributed by atoms with Crippen LogP contribution in [0, 0.1) is 17.5 Å². The van der Waals surface area contributed by atoms with Crippen molar-refractivity contribution < 1.29 is 45.4 Å². The van der Waals surface area contributed by atoms with Gasteiger partial charge in [-0.15, -0.1) is 0 Å². The van der Waals surface area contributed by atoms with Crippen molar-refractivity contribution in [2.75, 3.05) is 13.2 Å². The number of primary sulfonamides is 1. The molecule has 0 atom stereocenters. The number of hydrogen-bond acceptors (Lipinski definition) is 7. The number of rotatable bonds is 9. The van der Waals surface area contributed by atoms with E-state index in [0.717, 1.165) is 23.1 Å². The number of hydrogen-bond donors (Lipinski definition) is 3. The largest absolute Gasteiger partial charge is 0.483 e. The average molecular weight is 575 g/mol. The molecule has 214 valence electrons. The first-order chi connectivity index (χ1) is 18.0. The molecule has 0 fully saturated rings. The van der Waals surface area contributed by atoms with E-state index in [4.69, 9.17) is 14.6 Å². The Hall–Kier alpha value is -3.85. The molecule has 15 heteroatoms. The van der Waals surface area contributed by atoms with Crippen LogP contribution < -0.4 is 20.7 Å². The Morgan fingerprint density at radius 2 is 1.69 bits per heavy atom. The zero-order chi connectivity index (χ0) is 29.5. The number of halogens is 3. The van der Waals surface area contributed by atoms with Crippen LogP contribution in [0.1, 0.15) is 38.8 Å². The molecule has 2 aromatic carbocycles. The predicted molar refractivity (Wildman–Crippen MR) is 132 cm³/mol. The number of nitrogens with one attached hydrogen (secondary N) is 2. The van der Waals surface area contributed by atoms with Gasteiger partial charge in [0.25, 0.3) is 11.8 Å². The van der Waals surface area contributed by atoms with Gasteiger partial charge in [0, 0.05) is 29.8 Å². The highest BCUT2D eigenvalue weighted by Crippen LogP contribution is 2.24. The summed E-state index contributed by atoms with van der Waals surface area (Å²) in [5, 5.41) is 5.00. The summed E-state index contributed by atoms with van der Waals surface area (Å²) in [5.41, 5.74) is 3.01. The first-order valence-electron chi connectivity index (χ1n) is 11.5. The van der Waals surface area contributed by atoms with Crippen molar-refractivity contribution in [1.29, 1.82) is 0 Å². The molecule has 0 heterocycles. The Kier molecular flexibility index (Phi) is 10.3. The lowest BCUT2D eigenvalue weighted by molar-refractivity contribution is -0.138. The Morgan fingerprint density at radius 1 is 1.03 bits per heavy atom. The summed E-state index contributed by atoms with van der Waals surface area (Å²) in [7, 11) is -4.21. The highest BCUT2D eigenvalue weighted by atomic mass is 32.2. The van der Waals surface area contributed by atoms with Crippen molar-refractivity contribution in [3.8, 4) is 5.75 Å². The molecule has 0 saturated heterocycles. The average Bonchev–Trinajstić information content (AvgIpc) is 2.79. The lowest BCUT2D eigenvalue weighted by atomic mass is 10.1. The number of amides is 3. The van der Waals surface area contributed by atoms with E-state index >= 15 is 0 Å². The Bertz CT molecular complexity index is 1350. The number of sulfonamides is 1. The lowest BCUT2D eigenvalue weighted by Crippen LogP contribution is -2.49. The van der Waals surface area contributed by atoms with Crippen molar-refractivity contribution in [1.82, 2.24) is 15.8 Å². The number of ether oxygens (including phenoxy) is 2. The van der Waals surface area contributed by atoms with Crippen LogP contribution in [0.15, 0.2) is 35.2 Å². The van der Waals surface area contributed by atoms with E-state index in [1.165, 1.54) is 0 Å². The van der Waals surface area contributed by atoms with Gasteiger partial charge in [0.15, 0.2) is 6.61 Å². The summed E-state index contributed by atoms with van der Waals surface area (Å²) in [5.74, 6) is -4.89. The van der Waals surface area contributed by atoms with E-state index in [9.17, 15) is 36.0 Å². The molecule has 2 rings (SSSR count). The molecule has 0 aliphatic carbocycles. The van der Waals surface area contributed by atoms with Gasteiger partial charge in [0.05, 0.1) is 4.90 Å². The summed E-state index contributed by atoms with van der Waals surface area (Å²) < 4.78 is 75.7. The number of benzene rings is 2. The molecule has 0 saturated carbocycles. The van der Waals surface area contributed by atoms with Crippen molar-refractivity contribution in [2.45, 2.75) is 51.2 Å². The molecule has 0 aromatic heterocycles. The molecule has 4 N–H and O–H groups in total. The second kappa shape index (κ2) is 12.8. The number of nitrogens with two attached hydrogens (primary N) is 1. The Labute approximate surface area is 223 Å². The van der Waals surface area contributed by atoms with Crippen LogP contribution in [-0.2, 0) is 37.3 Å². The minimum absolute atomic E-state index is 0.0136. The maximum atomic E-state index is 14.6. The maximum absolute atomic E-state index is 14.6. The van der Waals surface area contributed by atoms with Crippen LogP contribution in [0.3, 0.4) is 0 Å². The fourth-order valence-electron chi connectivity index (χ4n) is 3.19. The van der Waals surface area contributed by atoms with Gasteiger partial charge in [-0.2, -0.15) is 0 Å². The summed E-state index contributed by atoms with van der Waals surface area (Å²) in [6.45, 7) is 4.31. The normalized spacial score (nSPS) is 11.5. The van der Waals surface area contributed by atoms with E-state index in [-0.39, 0.29) is 23.3 Å². The molecule has 39 heavy (non-hydrogen) atoms. The molecule has 0 bridgehead atoms. The summed E-state index contributed by atoms with van der Waals surface area (Å²) in [4.78, 5) is 37.5. The molecule has 0 radical (unpaired) electrons. The van der Waals surface area contributed by atoms with Crippen LogP contribution in [0.25, 0.3) is 0 Å². The van der Waals surface area contributed by atoms with Gasteiger partial charge in [-0.05, 0) is 39.3 Å². The second-order valence-electron chi connectivity index (χ2n) is 9.23. The minimum Gasteiger partial charge on any atom is -0.483 e. The third-order valence-electron chi connectivity index (χ3n) is 4.93. The highest BCUT2D eigenvalue weighted by molar-refractivity contribution is 7.89. The summed E-state index contributed by atoms with van der Waals surface area (Å²) in [6.07, 6.45) is -0.860. The SMILES string of the molecule is CCc1c(F)cc(F)cc1OCC(=O)N(CC(=O)NNC(=O)OC(C)(C)C)Cc1ccc(S(N)(=O)=O)cc1F. The maximum Gasteiger partial charge on any atom is 0.426 e. The zero-order valence-corrected chi connectivity index (χ0v) is 22.5. The highest BCUT2D eigenvalue weighted by Gasteiger charge is 2.23. The summed E-state index contributed by atoms with van der Waals surface area (Å²) in [6, 6.07) is 4.28. The topological polar surface area (TPSA) is 157 Å². The van der Waals surface area contributed by atoms with Gasteiger partial charge in [-0.3, -0.25) is 15.0 Å². The van der Waals surface area contributed by atoms with E-state index in [0.29, 0.717) is 12.1 Å². The van der Waals surface area contributed by atoms with E-state index in [1.54, 1.807) is 27.7 Å². The van der Waals surface area contributed by atoms with E-state index in [1.807, 2.05) is 10.9 Å². The van der Waals surface area contributed by atoms with Crippen molar-refractivity contribution in [3.63, 3.8) is 0 Å². The number of hydrazine groups is 1. The standard InChI is InChI=1S/C24H29F3N4O7S/c1-5-17-19(27)8-15(25)9-20(17)37-13-22(33)31(12-21(32)29-30-23(34)38-24(2,3)4)11-14-6-7-16(10-18(14)26)39(28,35)36/h6-10H,5,11-13H2,1-4H3,(H,29,32)(H,30,34)(H2,28,35,36). The molecular formula is C24H29F3N4O7S. The molecule has 2 aromatic rings. The fourth-order valence-corrected chi connectivity index (χ4v) is 3.72. The first-order valence-corrected chi connectivity index (χ1v) is 13.0. The van der Waals surface area contributed by atoms with Crippen molar-refractivity contribution in [3.05, 3.63) is 58.9 Å². The fraction of sp³-hybridized carbons (Fsp3) is 0.375. The molecule has 0 aliphatic heterocycles. The van der Waals surface area contributed by atoms with Gasteiger partial charge in [0.1, 0.15) is 35.3 Å². The number of carbonyl (C=O) groups excluding carboxylic acids is 3. The molecule has 0 unspecified atom stereocenters. The molecule has 3 amide bonds. The molecular weight excluding hydrogens is 545 g/mol. The van der Waals surface area contributed by atoms with Crippen LogP contribution in [0.5, 0.6) is 5.75 Å². The second-order valence-corrected chi connectivity index (χ2v) is 10.8. The monoisotopic (exact) mass is 574 g/mol. The third kappa shape index (κ3) is 9.76. The Balaban J connectivity index is 2.24. The van der Waals surface area contributed by atoms with Crippen molar-refractivity contribution in [2.24, 2.45) is 5.14 Å². The van der Waals surface area contributed by atoms with Gasteiger partial charge in [0.2, 0.25) is 10.0 Å². The molecule has 0 aliphatic rings. The van der Waals surface area contributed by atoms with E-state index in [2.05, 4.69) is 0 Å². The van der Waals surface area contributed by atoms with Crippen LogP contribution >= 0.6 is 0 Å². The van der Waals surface area contributed by atoms with Crippen LogP contribution in [-0.4, -0.2) is 50.0 Å². The quantitative estimate of drug-likeness (QED) is 0.388.